The lowest BCUT2D eigenvalue weighted by atomic mass is 10.1. The Kier molecular flexibility index (Phi) is 7.34. The van der Waals surface area contributed by atoms with Crippen molar-refractivity contribution >= 4 is 38.3 Å². The number of likely N-dealkylation sites (tertiary alicyclic amines) is 1. The fourth-order valence-corrected chi connectivity index (χ4v) is 6.46. The number of fused-ring (bicyclic) bond motifs is 1. The summed E-state index contributed by atoms with van der Waals surface area (Å²) in [6, 6.07) is 10.3. The van der Waals surface area contributed by atoms with Gasteiger partial charge >= 0.3 is 0 Å². The maximum Gasteiger partial charge on any atom is 0.241 e. The summed E-state index contributed by atoms with van der Waals surface area (Å²) in [5, 5.41) is 4.32. The number of anilines is 1. The zero-order valence-electron chi connectivity index (χ0n) is 19.2. The van der Waals surface area contributed by atoms with Gasteiger partial charge in [-0.25, -0.2) is 13.1 Å². The first-order valence-corrected chi connectivity index (χ1v) is 13.5. The van der Waals surface area contributed by atoms with Gasteiger partial charge in [-0.3, -0.25) is 9.59 Å². The second-order valence-electron chi connectivity index (χ2n) is 9.15. The van der Waals surface area contributed by atoms with E-state index in [0.717, 1.165) is 32.1 Å². The highest BCUT2D eigenvalue weighted by atomic mass is 32.2. The molecule has 1 aliphatic heterocycles. The van der Waals surface area contributed by atoms with Gasteiger partial charge in [-0.1, -0.05) is 44.0 Å². The van der Waals surface area contributed by atoms with Crippen LogP contribution in [0, 0.1) is 5.92 Å². The van der Waals surface area contributed by atoms with Crippen LogP contribution in [0.15, 0.2) is 41.3 Å². The fourth-order valence-electron chi connectivity index (χ4n) is 4.94. The molecule has 4 rings (SSSR count). The number of nitrogens with zero attached hydrogens (tertiary/aromatic N) is 1. The van der Waals surface area contributed by atoms with Crippen LogP contribution < -0.4 is 10.0 Å². The minimum Gasteiger partial charge on any atom is -0.343 e. The van der Waals surface area contributed by atoms with E-state index in [1.807, 2.05) is 30.0 Å². The molecule has 0 bridgehead atoms. The van der Waals surface area contributed by atoms with Gasteiger partial charge in [-0.2, -0.15) is 0 Å². The molecule has 0 aromatic heterocycles. The van der Waals surface area contributed by atoms with E-state index < -0.39 is 10.0 Å². The van der Waals surface area contributed by atoms with Gasteiger partial charge < -0.3 is 10.2 Å². The van der Waals surface area contributed by atoms with Crippen molar-refractivity contribution in [3.8, 4) is 0 Å². The summed E-state index contributed by atoms with van der Waals surface area (Å²) in [5.74, 6) is 0.180. The first-order chi connectivity index (χ1) is 15.9. The van der Waals surface area contributed by atoms with Gasteiger partial charge in [0.2, 0.25) is 21.8 Å². The van der Waals surface area contributed by atoms with Crippen molar-refractivity contribution < 1.29 is 18.0 Å². The number of piperidine rings is 1. The molecule has 2 fully saturated rings. The minimum atomic E-state index is -3.76. The summed E-state index contributed by atoms with van der Waals surface area (Å²) in [5.41, 5.74) is 0.643. The zero-order chi connectivity index (χ0) is 23.4. The predicted octanol–water partition coefficient (Wildman–Crippen LogP) is 4.04. The molecule has 33 heavy (non-hydrogen) atoms. The number of hydrogen-bond acceptors (Lipinski definition) is 4. The molecule has 0 radical (unpaired) electrons. The van der Waals surface area contributed by atoms with E-state index in [9.17, 15) is 18.0 Å². The quantitative estimate of drug-likeness (QED) is 0.637. The summed E-state index contributed by atoms with van der Waals surface area (Å²) in [7, 11) is -3.76. The van der Waals surface area contributed by atoms with Gasteiger partial charge in [0.15, 0.2) is 0 Å². The van der Waals surface area contributed by atoms with Crippen molar-refractivity contribution in [2.45, 2.75) is 69.2 Å². The molecular formula is C25H33N3O4S. The Morgan fingerprint density at radius 1 is 0.970 bits per heavy atom. The number of amides is 2. The highest BCUT2D eigenvalue weighted by Gasteiger charge is 2.28. The molecule has 1 saturated heterocycles. The lowest BCUT2D eigenvalue weighted by Crippen LogP contribution is -2.46. The molecule has 178 valence electrons. The Hall–Kier alpha value is -2.45. The second kappa shape index (κ2) is 10.2. The molecule has 1 aliphatic carbocycles. The van der Waals surface area contributed by atoms with Crippen molar-refractivity contribution in [3.63, 3.8) is 0 Å². The van der Waals surface area contributed by atoms with Crippen LogP contribution >= 0.6 is 0 Å². The largest absolute Gasteiger partial charge is 0.343 e. The van der Waals surface area contributed by atoms with E-state index in [0.29, 0.717) is 48.8 Å². The van der Waals surface area contributed by atoms with E-state index in [-0.39, 0.29) is 28.7 Å². The number of carbonyl (C=O) groups is 2. The average Bonchev–Trinajstić information content (AvgIpc) is 3.35. The summed E-state index contributed by atoms with van der Waals surface area (Å²) in [6.07, 6.45) is 6.51. The average molecular weight is 472 g/mol. The van der Waals surface area contributed by atoms with Crippen molar-refractivity contribution in [3.05, 3.63) is 36.4 Å². The Morgan fingerprint density at radius 3 is 2.30 bits per heavy atom. The Labute approximate surface area is 196 Å². The van der Waals surface area contributed by atoms with Gasteiger partial charge in [0.05, 0.1) is 4.90 Å². The van der Waals surface area contributed by atoms with Crippen LogP contribution in [0.3, 0.4) is 0 Å². The second-order valence-corrected chi connectivity index (χ2v) is 10.8. The maximum atomic E-state index is 13.3. The molecule has 0 spiro atoms. The van der Waals surface area contributed by atoms with Gasteiger partial charge in [0.25, 0.3) is 0 Å². The van der Waals surface area contributed by atoms with Gasteiger partial charge in [-0.15, -0.1) is 0 Å². The Bertz CT molecular complexity index is 1120. The zero-order valence-corrected chi connectivity index (χ0v) is 20.0. The lowest BCUT2D eigenvalue weighted by molar-refractivity contribution is -0.132. The van der Waals surface area contributed by atoms with Crippen LogP contribution in [0.25, 0.3) is 10.8 Å². The minimum absolute atomic E-state index is 0.00997. The third-order valence-corrected chi connectivity index (χ3v) is 8.37. The monoisotopic (exact) mass is 471 g/mol. The van der Waals surface area contributed by atoms with Crippen LogP contribution in [0.2, 0.25) is 0 Å². The first-order valence-electron chi connectivity index (χ1n) is 12.0. The van der Waals surface area contributed by atoms with Crippen molar-refractivity contribution in [2.75, 3.05) is 18.4 Å². The first kappa shape index (κ1) is 23.7. The number of sulfonamides is 1. The van der Waals surface area contributed by atoms with Crippen molar-refractivity contribution in [2.24, 2.45) is 5.92 Å². The van der Waals surface area contributed by atoms with Crippen LogP contribution in [0.5, 0.6) is 0 Å². The van der Waals surface area contributed by atoms with Crippen LogP contribution in [0.1, 0.15) is 58.3 Å². The van der Waals surface area contributed by atoms with E-state index in [1.165, 1.54) is 0 Å². The van der Waals surface area contributed by atoms with Crippen LogP contribution in [-0.4, -0.2) is 44.3 Å². The molecule has 2 aromatic carbocycles. The molecule has 1 heterocycles. The van der Waals surface area contributed by atoms with E-state index in [2.05, 4.69) is 10.0 Å². The Morgan fingerprint density at radius 2 is 1.64 bits per heavy atom. The molecule has 0 atom stereocenters. The van der Waals surface area contributed by atoms with E-state index >= 15 is 0 Å². The summed E-state index contributed by atoms with van der Waals surface area (Å²) >= 11 is 0. The molecule has 8 heteroatoms. The standard InChI is InChI=1S/C25H33N3O4S/c1-2-7-24(29)28-16-14-19(15-17-28)27-33(31,32)23-13-12-22(20-10-5-6-11-21(20)23)26-25(30)18-8-3-4-9-18/h5-6,10-13,18-19,27H,2-4,7-9,14-17H2,1H3,(H,26,30). The van der Waals surface area contributed by atoms with Gasteiger partial charge in [-0.05, 0) is 44.2 Å². The molecule has 2 aromatic rings. The third kappa shape index (κ3) is 5.38. The van der Waals surface area contributed by atoms with Crippen molar-refractivity contribution in [1.29, 1.82) is 0 Å². The summed E-state index contributed by atoms with van der Waals surface area (Å²) in [6.45, 7) is 3.12. The highest BCUT2D eigenvalue weighted by molar-refractivity contribution is 7.89. The summed E-state index contributed by atoms with van der Waals surface area (Å²) < 4.78 is 29.4. The number of rotatable bonds is 7. The number of nitrogens with one attached hydrogen (secondary N) is 2. The maximum absolute atomic E-state index is 13.3. The van der Waals surface area contributed by atoms with Gasteiger partial charge in [0, 0.05) is 47.9 Å². The van der Waals surface area contributed by atoms with Crippen molar-refractivity contribution in [1.82, 2.24) is 9.62 Å². The molecule has 1 saturated carbocycles. The van der Waals surface area contributed by atoms with E-state index in [1.54, 1.807) is 18.2 Å². The lowest BCUT2D eigenvalue weighted by Gasteiger charge is -2.32. The summed E-state index contributed by atoms with van der Waals surface area (Å²) in [4.78, 5) is 26.8. The number of carbonyl (C=O) groups excluding carboxylic acids is 2. The number of hydrogen-bond donors (Lipinski definition) is 2. The van der Waals surface area contributed by atoms with Crippen LogP contribution in [-0.2, 0) is 19.6 Å². The SMILES string of the molecule is CCCC(=O)N1CCC(NS(=O)(=O)c2ccc(NC(=O)C3CCCC3)c3ccccc23)CC1. The smallest absolute Gasteiger partial charge is 0.241 e. The Balaban J connectivity index is 1.51. The fraction of sp³-hybridized carbons (Fsp3) is 0.520. The number of benzene rings is 2. The van der Waals surface area contributed by atoms with E-state index in [4.69, 9.17) is 0 Å². The molecule has 0 unspecified atom stereocenters. The topological polar surface area (TPSA) is 95.6 Å². The third-order valence-electron chi connectivity index (χ3n) is 6.79. The molecule has 2 amide bonds. The molecule has 7 nitrogen and oxygen atoms in total. The van der Waals surface area contributed by atoms with Gasteiger partial charge in [0.1, 0.15) is 0 Å². The molecule has 2 N–H and O–H groups in total. The molecule has 2 aliphatic rings. The molecular weight excluding hydrogens is 438 g/mol. The normalized spacial score (nSPS) is 18.0. The van der Waals surface area contributed by atoms with Crippen LogP contribution in [0.4, 0.5) is 5.69 Å². The highest BCUT2D eigenvalue weighted by Crippen LogP contribution is 2.32. The predicted molar refractivity (Wildman–Crippen MR) is 129 cm³/mol.